The maximum Gasteiger partial charge on any atom is 0.151 e. The molecule has 2 aromatic rings. The van der Waals surface area contributed by atoms with Gasteiger partial charge in [-0.2, -0.15) is 5.10 Å². The van der Waals surface area contributed by atoms with Crippen LogP contribution in [0.2, 0.25) is 0 Å². The minimum absolute atomic E-state index is 0.0262. The smallest absolute Gasteiger partial charge is 0.151 e. The molecule has 2 aromatic heterocycles. The average Bonchev–Trinajstić information content (AvgIpc) is 2.96. The van der Waals surface area contributed by atoms with Gasteiger partial charge in [0.25, 0.3) is 0 Å². The Hall–Kier alpha value is -1.66. The Balaban J connectivity index is 1.89. The number of aliphatic hydroxyl groups excluding tert-OH is 1. The number of nitrogens with two attached hydrogens (primary N) is 1. The number of hydrogen-bond donors (Lipinski definition) is 2. The zero-order valence-electron chi connectivity index (χ0n) is 9.99. The lowest BCUT2D eigenvalue weighted by Crippen LogP contribution is -2.10. The van der Waals surface area contributed by atoms with Gasteiger partial charge < -0.3 is 15.6 Å². The van der Waals surface area contributed by atoms with Crippen LogP contribution >= 0.6 is 0 Å². The Morgan fingerprint density at radius 1 is 1.44 bits per heavy atom. The summed E-state index contributed by atoms with van der Waals surface area (Å²) in [4.78, 5) is 3.96. The molecule has 96 valence electrons. The first-order valence-corrected chi connectivity index (χ1v) is 6.14. The first kappa shape index (κ1) is 11.4. The summed E-state index contributed by atoms with van der Waals surface area (Å²) in [5.74, 6) is 0.473. The molecule has 0 bridgehead atoms. The summed E-state index contributed by atoms with van der Waals surface area (Å²) >= 11 is 0. The molecular formula is C12H16N4O2. The molecule has 0 aromatic carbocycles. The fourth-order valence-corrected chi connectivity index (χ4v) is 2.50. The van der Waals surface area contributed by atoms with Crippen molar-refractivity contribution in [3.8, 4) is 0 Å². The Bertz CT molecular complexity index is 554. The van der Waals surface area contributed by atoms with Gasteiger partial charge in [0, 0.05) is 6.61 Å². The SMILES string of the molecule is Nc1ncnn2c([C@H]3CC[C@@H](CCO)O3)ccc12. The number of anilines is 1. The molecule has 0 aliphatic carbocycles. The van der Waals surface area contributed by atoms with Crippen molar-refractivity contribution >= 4 is 11.3 Å². The summed E-state index contributed by atoms with van der Waals surface area (Å²) in [6.45, 7) is 0.168. The van der Waals surface area contributed by atoms with E-state index in [-0.39, 0.29) is 18.8 Å². The van der Waals surface area contributed by atoms with E-state index in [9.17, 15) is 0 Å². The highest BCUT2D eigenvalue weighted by molar-refractivity contribution is 5.65. The van der Waals surface area contributed by atoms with Gasteiger partial charge in [-0.15, -0.1) is 0 Å². The minimum atomic E-state index is 0.0262. The van der Waals surface area contributed by atoms with Gasteiger partial charge in [-0.05, 0) is 31.4 Å². The predicted octanol–water partition coefficient (Wildman–Crippen LogP) is 0.914. The van der Waals surface area contributed by atoms with Crippen LogP contribution in [0.4, 0.5) is 5.82 Å². The molecular weight excluding hydrogens is 232 g/mol. The zero-order chi connectivity index (χ0) is 12.5. The Kier molecular flexibility index (Phi) is 2.89. The summed E-state index contributed by atoms with van der Waals surface area (Å²) in [5.41, 5.74) is 7.60. The molecule has 6 nitrogen and oxygen atoms in total. The summed E-state index contributed by atoms with van der Waals surface area (Å²) in [7, 11) is 0. The molecule has 2 atom stereocenters. The van der Waals surface area contributed by atoms with Gasteiger partial charge in [0.05, 0.1) is 17.9 Å². The number of nitrogen functional groups attached to an aromatic ring is 1. The van der Waals surface area contributed by atoms with Gasteiger partial charge in [0.1, 0.15) is 11.8 Å². The van der Waals surface area contributed by atoms with Crippen molar-refractivity contribution < 1.29 is 9.84 Å². The van der Waals surface area contributed by atoms with Gasteiger partial charge in [0.2, 0.25) is 0 Å². The molecule has 3 heterocycles. The van der Waals surface area contributed by atoms with E-state index in [2.05, 4.69) is 10.1 Å². The van der Waals surface area contributed by atoms with E-state index in [0.29, 0.717) is 12.2 Å². The van der Waals surface area contributed by atoms with Crippen LogP contribution in [-0.2, 0) is 4.74 Å². The highest BCUT2D eigenvalue weighted by Gasteiger charge is 2.28. The summed E-state index contributed by atoms with van der Waals surface area (Å²) in [5, 5.41) is 13.1. The van der Waals surface area contributed by atoms with Gasteiger partial charge in [-0.1, -0.05) is 0 Å². The standard InChI is InChI=1S/C12H16N4O2/c13-12-10-3-2-9(16(10)15-7-14-12)11-4-1-8(18-11)5-6-17/h2-3,7-8,11,17H,1,4-6H2,(H2,13,14,15)/t8-,11+/m0/s1. The lowest BCUT2D eigenvalue weighted by molar-refractivity contribution is 0.0276. The van der Waals surface area contributed by atoms with Crippen molar-refractivity contribution in [2.24, 2.45) is 0 Å². The van der Waals surface area contributed by atoms with Crippen molar-refractivity contribution in [3.63, 3.8) is 0 Å². The van der Waals surface area contributed by atoms with Crippen LogP contribution in [0.25, 0.3) is 5.52 Å². The first-order chi connectivity index (χ1) is 8.79. The minimum Gasteiger partial charge on any atom is -0.396 e. The fourth-order valence-electron chi connectivity index (χ4n) is 2.50. The molecule has 0 saturated carbocycles. The molecule has 1 saturated heterocycles. The molecule has 3 rings (SSSR count). The van der Waals surface area contributed by atoms with E-state index in [1.54, 1.807) is 4.52 Å². The van der Waals surface area contributed by atoms with Crippen LogP contribution < -0.4 is 5.73 Å². The third-order valence-corrected chi connectivity index (χ3v) is 3.40. The summed E-state index contributed by atoms with van der Waals surface area (Å²) in [6, 6.07) is 3.89. The van der Waals surface area contributed by atoms with Gasteiger partial charge in [-0.3, -0.25) is 0 Å². The zero-order valence-corrected chi connectivity index (χ0v) is 9.99. The molecule has 0 amide bonds. The second kappa shape index (κ2) is 4.55. The van der Waals surface area contributed by atoms with Crippen molar-refractivity contribution in [1.29, 1.82) is 0 Å². The largest absolute Gasteiger partial charge is 0.396 e. The van der Waals surface area contributed by atoms with E-state index in [1.807, 2.05) is 12.1 Å². The van der Waals surface area contributed by atoms with Crippen molar-refractivity contribution in [3.05, 3.63) is 24.2 Å². The van der Waals surface area contributed by atoms with Crippen LogP contribution in [0.5, 0.6) is 0 Å². The number of ether oxygens (including phenoxy) is 1. The normalized spacial score (nSPS) is 23.8. The van der Waals surface area contributed by atoms with Crippen molar-refractivity contribution in [2.45, 2.75) is 31.5 Å². The van der Waals surface area contributed by atoms with Crippen LogP contribution in [0.15, 0.2) is 18.5 Å². The second-order valence-electron chi connectivity index (χ2n) is 4.54. The third-order valence-electron chi connectivity index (χ3n) is 3.40. The van der Waals surface area contributed by atoms with E-state index < -0.39 is 0 Å². The highest BCUT2D eigenvalue weighted by Crippen LogP contribution is 2.34. The Morgan fingerprint density at radius 3 is 3.17 bits per heavy atom. The molecule has 1 fully saturated rings. The topological polar surface area (TPSA) is 85.7 Å². The van der Waals surface area contributed by atoms with Gasteiger partial charge >= 0.3 is 0 Å². The predicted molar refractivity (Wildman–Crippen MR) is 66.0 cm³/mol. The van der Waals surface area contributed by atoms with Crippen LogP contribution in [0, 0.1) is 0 Å². The molecule has 3 N–H and O–H groups in total. The Labute approximate surface area is 104 Å². The average molecular weight is 248 g/mol. The monoisotopic (exact) mass is 248 g/mol. The molecule has 0 radical (unpaired) electrons. The molecule has 0 unspecified atom stereocenters. The number of fused-ring (bicyclic) bond motifs is 1. The van der Waals surface area contributed by atoms with Crippen LogP contribution in [0.1, 0.15) is 31.1 Å². The maximum absolute atomic E-state index is 8.93. The van der Waals surface area contributed by atoms with Crippen LogP contribution in [-0.4, -0.2) is 32.4 Å². The molecule has 18 heavy (non-hydrogen) atoms. The first-order valence-electron chi connectivity index (χ1n) is 6.14. The number of aromatic nitrogens is 3. The van der Waals surface area contributed by atoms with Crippen molar-refractivity contribution in [1.82, 2.24) is 14.6 Å². The second-order valence-corrected chi connectivity index (χ2v) is 4.54. The van der Waals surface area contributed by atoms with E-state index in [4.69, 9.17) is 15.6 Å². The fraction of sp³-hybridized carbons (Fsp3) is 0.500. The van der Waals surface area contributed by atoms with E-state index >= 15 is 0 Å². The number of rotatable bonds is 3. The third kappa shape index (κ3) is 1.83. The number of nitrogens with zero attached hydrogens (tertiary/aromatic N) is 3. The molecule has 6 heteroatoms. The number of hydrogen-bond acceptors (Lipinski definition) is 5. The molecule has 0 spiro atoms. The lowest BCUT2D eigenvalue weighted by atomic mass is 10.1. The highest BCUT2D eigenvalue weighted by atomic mass is 16.5. The van der Waals surface area contributed by atoms with Crippen molar-refractivity contribution in [2.75, 3.05) is 12.3 Å². The van der Waals surface area contributed by atoms with E-state index in [1.165, 1.54) is 6.33 Å². The Morgan fingerprint density at radius 2 is 2.33 bits per heavy atom. The van der Waals surface area contributed by atoms with E-state index in [0.717, 1.165) is 24.1 Å². The lowest BCUT2D eigenvalue weighted by Gasteiger charge is -2.12. The quantitative estimate of drug-likeness (QED) is 0.843. The van der Waals surface area contributed by atoms with Gasteiger partial charge in [0.15, 0.2) is 5.82 Å². The number of aliphatic hydroxyl groups is 1. The molecule has 1 aliphatic heterocycles. The summed E-state index contributed by atoms with van der Waals surface area (Å²) < 4.78 is 7.70. The molecule has 1 aliphatic rings. The maximum atomic E-state index is 8.93. The summed E-state index contributed by atoms with van der Waals surface area (Å²) in [6.07, 6.45) is 4.23. The van der Waals surface area contributed by atoms with Gasteiger partial charge in [-0.25, -0.2) is 9.50 Å². The van der Waals surface area contributed by atoms with Crippen LogP contribution in [0.3, 0.4) is 0 Å².